The molecule has 1 fully saturated rings. The third-order valence-corrected chi connectivity index (χ3v) is 4.34. The smallest absolute Gasteiger partial charge is 0.157 e. The summed E-state index contributed by atoms with van der Waals surface area (Å²) in [6.45, 7) is 9.73. The van der Waals surface area contributed by atoms with Gasteiger partial charge in [-0.1, -0.05) is 17.7 Å². The third-order valence-electron chi connectivity index (χ3n) is 4.11. The molecule has 0 amide bonds. The van der Waals surface area contributed by atoms with Crippen LogP contribution in [-0.4, -0.2) is 41.7 Å². The Balaban J connectivity index is 1.72. The Morgan fingerprint density at radius 1 is 1.08 bits per heavy atom. The molecule has 3 rings (SSSR count). The highest BCUT2D eigenvalue weighted by molar-refractivity contribution is 6.30. The summed E-state index contributed by atoms with van der Waals surface area (Å²) < 4.78 is 0. The van der Waals surface area contributed by atoms with Gasteiger partial charge in [0.2, 0.25) is 0 Å². The van der Waals surface area contributed by atoms with Crippen molar-refractivity contribution in [3.05, 3.63) is 35.6 Å². The zero-order valence-corrected chi connectivity index (χ0v) is 15.7. The van der Waals surface area contributed by atoms with E-state index in [1.54, 1.807) is 6.33 Å². The highest BCUT2D eigenvalue weighted by Crippen LogP contribution is 2.29. The number of nitrogens with one attached hydrogen (secondary N) is 1. The van der Waals surface area contributed by atoms with Crippen LogP contribution in [0, 0.1) is 0 Å². The predicted octanol–water partition coefficient (Wildman–Crippen LogP) is 3.25. The molecular weight excluding hydrogens is 336 g/mol. The number of hydrogen-bond donors (Lipinski definition) is 2. The lowest BCUT2D eigenvalue weighted by Crippen LogP contribution is -2.47. The second-order valence-corrected chi connectivity index (χ2v) is 7.72. The number of nitrogens with zero attached hydrogens (tertiary/aromatic N) is 4. The first-order valence-electron chi connectivity index (χ1n) is 8.47. The van der Waals surface area contributed by atoms with E-state index in [2.05, 4.69) is 51.9 Å². The number of nitrogens with two attached hydrogens (primary N) is 1. The first-order valence-corrected chi connectivity index (χ1v) is 8.85. The Labute approximate surface area is 154 Å². The highest BCUT2D eigenvalue weighted by Gasteiger charge is 2.22. The summed E-state index contributed by atoms with van der Waals surface area (Å²) in [5.41, 5.74) is 7.98. The lowest BCUT2D eigenvalue weighted by molar-refractivity contribution is 0.628. The summed E-state index contributed by atoms with van der Waals surface area (Å²) in [6, 6.07) is 7.97. The molecule has 7 heteroatoms. The molecule has 25 heavy (non-hydrogen) atoms. The summed E-state index contributed by atoms with van der Waals surface area (Å²) in [5.74, 6) is 1.49. The van der Waals surface area contributed by atoms with Crippen molar-refractivity contribution < 1.29 is 0 Å². The average molecular weight is 361 g/mol. The lowest BCUT2D eigenvalue weighted by Gasteiger charge is -2.37. The molecule has 0 unspecified atom stereocenters. The molecule has 0 atom stereocenters. The van der Waals surface area contributed by atoms with Crippen molar-refractivity contribution in [2.45, 2.75) is 26.3 Å². The molecule has 0 aliphatic carbocycles. The van der Waals surface area contributed by atoms with Gasteiger partial charge in [0.1, 0.15) is 12.0 Å². The van der Waals surface area contributed by atoms with Crippen LogP contribution in [-0.2, 0) is 0 Å². The van der Waals surface area contributed by atoms with Crippen LogP contribution in [0.25, 0.3) is 0 Å². The highest BCUT2D eigenvalue weighted by atomic mass is 35.5. The molecule has 134 valence electrons. The van der Waals surface area contributed by atoms with Crippen molar-refractivity contribution >= 4 is 34.6 Å². The van der Waals surface area contributed by atoms with E-state index >= 15 is 0 Å². The average Bonchev–Trinajstić information content (AvgIpc) is 2.56. The molecule has 1 aromatic heterocycles. The Morgan fingerprint density at radius 3 is 2.40 bits per heavy atom. The molecule has 2 aromatic rings. The van der Waals surface area contributed by atoms with Gasteiger partial charge in [-0.05, 0) is 39.0 Å². The third kappa shape index (κ3) is 4.25. The number of benzene rings is 1. The van der Waals surface area contributed by atoms with E-state index in [9.17, 15) is 0 Å². The molecule has 3 N–H and O–H groups in total. The van der Waals surface area contributed by atoms with E-state index in [0.717, 1.165) is 42.7 Å². The van der Waals surface area contributed by atoms with Crippen LogP contribution in [0.4, 0.5) is 23.0 Å². The van der Waals surface area contributed by atoms with Crippen molar-refractivity contribution in [1.82, 2.24) is 9.97 Å². The number of hydrogen-bond acceptors (Lipinski definition) is 6. The standard InChI is InChI=1S/C18H25ClN6/c1-18(2,3)23-16-15(20)17(22-12-21-16)25-9-7-24(8-10-25)14-6-4-5-13(19)11-14/h4-6,11-12H,7-10,20H2,1-3H3,(H,21,22,23). The van der Waals surface area contributed by atoms with E-state index in [-0.39, 0.29) is 5.54 Å². The van der Waals surface area contributed by atoms with Crippen LogP contribution in [0.5, 0.6) is 0 Å². The maximum absolute atomic E-state index is 6.33. The van der Waals surface area contributed by atoms with Gasteiger partial charge in [0.05, 0.1) is 0 Å². The molecule has 0 saturated carbocycles. The molecular formula is C18H25ClN6. The predicted molar refractivity (Wildman–Crippen MR) is 106 cm³/mol. The minimum atomic E-state index is -0.106. The second kappa shape index (κ2) is 6.96. The number of anilines is 4. The first-order chi connectivity index (χ1) is 11.8. The molecule has 2 heterocycles. The molecule has 1 aromatic carbocycles. The Kier molecular flexibility index (Phi) is 4.90. The molecule has 1 aliphatic heterocycles. The summed E-state index contributed by atoms with van der Waals surface area (Å²) >= 11 is 6.10. The number of piperazine rings is 1. The van der Waals surface area contributed by atoms with Crippen LogP contribution in [0.3, 0.4) is 0 Å². The summed E-state index contributed by atoms with van der Waals surface area (Å²) in [4.78, 5) is 13.2. The van der Waals surface area contributed by atoms with Crippen LogP contribution >= 0.6 is 11.6 Å². The number of rotatable bonds is 3. The van der Waals surface area contributed by atoms with Crippen molar-refractivity contribution in [1.29, 1.82) is 0 Å². The normalized spacial score (nSPS) is 15.4. The monoisotopic (exact) mass is 360 g/mol. The molecule has 1 saturated heterocycles. The SMILES string of the molecule is CC(C)(C)Nc1ncnc(N2CCN(c3cccc(Cl)c3)CC2)c1N. The van der Waals surface area contributed by atoms with Crippen LogP contribution in [0.15, 0.2) is 30.6 Å². The van der Waals surface area contributed by atoms with E-state index in [1.807, 2.05) is 18.2 Å². The summed E-state index contributed by atoms with van der Waals surface area (Å²) in [5, 5.41) is 4.10. The Bertz CT molecular complexity index is 735. The van der Waals surface area contributed by atoms with Gasteiger partial charge >= 0.3 is 0 Å². The van der Waals surface area contributed by atoms with Gasteiger partial charge in [-0.25, -0.2) is 9.97 Å². The van der Waals surface area contributed by atoms with E-state index in [1.165, 1.54) is 0 Å². The summed E-state index contributed by atoms with van der Waals surface area (Å²) in [6.07, 6.45) is 1.57. The van der Waals surface area contributed by atoms with Gasteiger partial charge in [-0.3, -0.25) is 0 Å². The van der Waals surface area contributed by atoms with Gasteiger partial charge in [0.15, 0.2) is 11.6 Å². The number of aromatic nitrogens is 2. The molecule has 0 spiro atoms. The van der Waals surface area contributed by atoms with Crippen molar-refractivity contribution in [3.63, 3.8) is 0 Å². The minimum Gasteiger partial charge on any atom is -0.393 e. The number of nitrogen functional groups attached to an aromatic ring is 1. The Morgan fingerprint density at radius 2 is 1.76 bits per heavy atom. The second-order valence-electron chi connectivity index (χ2n) is 7.29. The fourth-order valence-electron chi connectivity index (χ4n) is 2.94. The molecule has 6 nitrogen and oxygen atoms in total. The van der Waals surface area contributed by atoms with E-state index in [0.29, 0.717) is 11.5 Å². The number of halogens is 1. The van der Waals surface area contributed by atoms with E-state index in [4.69, 9.17) is 17.3 Å². The minimum absolute atomic E-state index is 0.106. The molecule has 0 bridgehead atoms. The van der Waals surface area contributed by atoms with Gasteiger partial charge in [0, 0.05) is 42.4 Å². The maximum Gasteiger partial charge on any atom is 0.157 e. The zero-order valence-electron chi connectivity index (χ0n) is 15.0. The lowest BCUT2D eigenvalue weighted by atomic mass is 10.1. The molecule has 1 aliphatic rings. The topological polar surface area (TPSA) is 70.3 Å². The van der Waals surface area contributed by atoms with Gasteiger partial charge in [-0.15, -0.1) is 0 Å². The van der Waals surface area contributed by atoms with Crippen molar-refractivity contribution in [2.24, 2.45) is 0 Å². The largest absolute Gasteiger partial charge is 0.393 e. The first kappa shape index (κ1) is 17.6. The van der Waals surface area contributed by atoms with E-state index < -0.39 is 0 Å². The van der Waals surface area contributed by atoms with Crippen LogP contribution in [0.2, 0.25) is 5.02 Å². The molecule has 0 radical (unpaired) electrons. The van der Waals surface area contributed by atoms with Gasteiger partial charge < -0.3 is 20.9 Å². The van der Waals surface area contributed by atoms with Crippen molar-refractivity contribution in [2.75, 3.05) is 47.0 Å². The Hall–Kier alpha value is -2.21. The van der Waals surface area contributed by atoms with Gasteiger partial charge in [0.25, 0.3) is 0 Å². The summed E-state index contributed by atoms with van der Waals surface area (Å²) in [7, 11) is 0. The maximum atomic E-state index is 6.33. The zero-order chi connectivity index (χ0) is 18.0. The fourth-order valence-corrected chi connectivity index (χ4v) is 3.13. The van der Waals surface area contributed by atoms with Crippen molar-refractivity contribution in [3.8, 4) is 0 Å². The fraction of sp³-hybridized carbons (Fsp3) is 0.444. The van der Waals surface area contributed by atoms with Gasteiger partial charge in [-0.2, -0.15) is 0 Å². The van der Waals surface area contributed by atoms with Crippen LogP contribution < -0.4 is 20.9 Å². The quantitative estimate of drug-likeness (QED) is 0.875. The van der Waals surface area contributed by atoms with Crippen LogP contribution in [0.1, 0.15) is 20.8 Å².